The number of benzene rings is 1. The van der Waals surface area contributed by atoms with Crippen molar-refractivity contribution >= 4 is 5.91 Å². The molecule has 2 rings (SSSR count). The Hall–Kier alpha value is -1.49. The number of hydrogen-bond acceptors (Lipinski definition) is 2. The summed E-state index contributed by atoms with van der Waals surface area (Å²) in [5, 5.41) is 3.01. The van der Waals surface area contributed by atoms with Crippen LogP contribution in [0.5, 0.6) is 0 Å². The molecule has 0 aliphatic carbocycles. The van der Waals surface area contributed by atoms with Crippen molar-refractivity contribution < 1.29 is 13.6 Å². The summed E-state index contributed by atoms with van der Waals surface area (Å²) in [6.45, 7) is 8.61. The van der Waals surface area contributed by atoms with Crippen molar-refractivity contribution in [1.82, 2.24) is 10.2 Å². The van der Waals surface area contributed by atoms with Crippen LogP contribution >= 0.6 is 0 Å². The van der Waals surface area contributed by atoms with E-state index in [2.05, 4.69) is 5.32 Å². The van der Waals surface area contributed by atoms with E-state index in [4.69, 9.17) is 0 Å². The van der Waals surface area contributed by atoms with Crippen molar-refractivity contribution in [1.29, 1.82) is 0 Å². The second-order valence-electron chi connectivity index (χ2n) is 6.96. The minimum Gasteiger partial charge on any atom is -0.348 e. The third kappa shape index (κ3) is 4.74. The molecule has 5 heteroatoms. The molecule has 1 saturated heterocycles. The Kier molecular flexibility index (Phi) is 5.40. The summed E-state index contributed by atoms with van der Waals surface area (Å²) in [5.41, 5.74) is 2.82. The predicted octanol–water partition coefficient (Wildman–Crippen LogP) is 3.40. The molecule has 0 bridgehead atoms. The van der Waals surface area contributed by atoms with Crippen molar-refractivity contribution in [3.8, 4) is 0 Å². The highest BCUT2D eigenvalue weighted by molar-refractivity contribution is 5.94. The molecule has 0 saturated carbocycles. The van der Waals surface area contributed by atoms with Crippen molar-refractivity contribution in [3.63, 3.8) is 0 Å². The molecular weight excluding hydrogens is 298 g/mol. The van der Waals surface area contributed by atoms with E-state index in [1.807, 2.05) is 39.8 Å². The zero-order valence-corrected chi connectivity index (χ0v) is 14.3. The minimum atomic E-state index is -2.60. The lowest BCUT2D eigenvalue weighted by Crippen LogP contribution is -2.46. The van der Waals surface area contributed by atoms with E-state index in [1.165, 1.54) is 0 Å². The number of carbonyl (C=O) groups excluding carboxylic acids is 1. The molecule has 23 heavy (non-hydrogen) atoms. The van der Waals surface area contributed by atoms with Crippen molar-refractivity contribution in [3.05, 3.63) is 34.9 Å². The summed E-state index contributed by atoms with van der Waals surface area (Å²) < 4.78 is 26.7. The van der Waals surface area contributed by atoms with Gasteiger partial charge in [0, 0.05) is 31.1 Å². The Morgan fingerprint density at radius 1 is 1.30 bits per heavy atom. The normalized spacial score (nSPS) is 19.1. The average molecular weight is 324 g/mol. The van der Waals surface area contributed by atoms with Crippen LogP contribution in [0, 0.1) is 19.8 Å². The van der Waals surface area contributed by atoms with Gasteiger partial charge in [-0.15, -0.1) is 0 Å². The molecule has 3 nitrogen and oxygen atoms in total. The lowest BCUT2D eigenvalue weighted by molar-refractivity contribution is 0.0110. The Labute approximate surface area is 137 Å². The Morgan fingerprint density at radius 3 is 2.52 bits per heavy atom. The second-order valence-corrected chi connectivity index (χ2v) is 6.96. The molecule has 1 heterocycles. The first-order chi connectivity index (χ1) is 10.7. The summed E-state index contributed by atoms with van der Waals surface area (Å²) in [4.78, 5) is 14.2. The maximum Gasteiger partial charge on any atom is 0.261 e. The smallest absolute Gasteiger partial charge is 0.261 e. The molecule has 1 N–H and O–H groups in total. The first kappa shape index (κ1) is 17.9. The number of hydrogen-bond donors (Lipinski definition) is 1. The number of carbonyl (C=O) groups is 1. The topological polar surface area (TPSA) is 32.3 Å². The molecule has 1 aromatic rings. The first-order valence-corrected chi connectivity index (χ1v) is 8.16. The summed E-state index contributed by atoms with van der Waals surface area (Å²) in [5.74, 6) is -2.56. The van der Waals surface area contributed by atoms with Crippen LogP contribution in [0.25, 0.3) is 0 Å². The van der Waals surface area contributed by atoms with Crippen LogP contribution in [0.15, 0.2) is 18.2 Å². The van der Waals surface area contributed by atoms with Crippen molar-refractivity contribution in [2.75, 3.05) is 19.6 Å². The quantitative estimate of drug-likeness (QED) is 0.900. The van der Waals surface area contributed by atoms with Gasteiger partial charge in [-0.1, -0.05) is 19.9 Å². The molecule has 0 radical (unpaired) electrons. The highest BCUT2D eigenvalue weighted by atomic mass is 19.3. The summed E-state index contributed by atoms with van der Waals surface area (Å²) >= 11 is 0. The third-order valence-corrected chi connectivity index (χ3v) is 4.59. The van der Waals surface area contributed by atoms with Crippen LogP contribution in [0.2, 0.25) is 0 Å². The number of nitrogens with one attached hydrogen (secondary N) is 1. The minimum absolute atomic E-state index is 0.0943. The standard InChI is InChI=1S/C18H26F2N2O/c1-12(2)16(10-22-8-7-18(19,20)11-22)21-17(23)15-6-5-13(3)14(4)9-15/h5-6,9,12,16H,7-8,10-11H2,1-4H3,(H,21,23)/t16-/m1/s1. The second kappa shape index (κ2) is 6.95. The molecule has 1 aliphatic heterocycles. The molecule has 128 valence electrons. The highest BCUT2D eigenvalue weighted by Crippen LogP contribution is 2.27. The van der Waals surface area contributed by atoms with E-state index >= 15 is 0 Å². The number of halogens is 2. The van der Waals surface area contributed by atoms with E-state index in [0.717, 1.165) is 11.1 Å². The van der Waals surface area contributed by atoms with E-state index < -0.39 is 5.92 Å². The summed E-state index contributed by atoms with van der Waals surface area (Å²) in [6.07, 6.45) is -0.0943. The van der Waals surface area contributed by atoms with Crippen LogP contribution in [-0.4, -0.2) is 42.4 Å². The molecule has 1 aliphatic rings. The van der Waals surface area contributed by atoms with Gasteiger partial charge in [-0.25, -0.2) is 8.78 Å². The first-order valence-electron chi connectivity index (χ1n) is 8.16. The number of nitrogens with zero attached hydrogens (tertiary/aromatic N) is 1. The van der Waals surface area contributed by atoms with Gasteiger partial charge in [0.25, 0.3) is 11.8 Å². The maximum absolute atomic E-state index is 13.3. The highest BCUT2D eigenvalue weighted by Gasteiger charge is 2.39. The van der Waals surface area contributed by atoms with Crippen LogP contribution in [0.3, 0.4) is 0 Å². The Morgan fingerprint density at radius 2 is 2.00 bits per heavy atom. The van der Waals surface area contributed by atoms with Crippen LogP contribution in [-0.2, 0) is 0 Å². The lowest BCUT2D eigenvalue weighted by Gasteiger charge is -2.27. The van der Waals surface area contributed by atoms with Gasteiger partial charge >= 0.3 is 0 Å². The largest absolute Gasteiger partial charge is 0.348 e. The number of likely N-dealkylation sites (tertiary alicyclic amines) is 1. The lowest BCUT2D eigenvalue weighted by atomic mass is 10.0. The summed E-state index contributed by atoms with van der Waals surface area (Å²) in [6, 6.07) is 5.46. The molecule has 0 spiro atoms. The number of amides is 1. The van der Waals surface area contributed by atoms with Crippen molar-refractivity contribution in [2.45, 2.75) is 46.1 Å². The van der Waals surface area contributed by atoms with E-state index in [1.54, 1.807) is 11.0 Å². The number of aryl methyl sites for hydroxylation is 2. The van der Waals surface area contributed by atoms with Gasteiger partial charge in [-0.2, -0.15) is 0 Å². The van der Waals surface area contributed by atoms with Crippen LogP contribution in [0.4, 0.5) is 8.78 Å². The van der Waals surface area contributed by atoms with Gasteiger partial charge in [0.05, 0.1) is 6.54 Å². The van der Waals surface area contributed by atoms with E-state index in [9.17, 15) is 13.6 Å². The number of rotatable bonds is 5. The number of alkyl halides is 2. The Bertz CT molecular complexity index is 572. The third-order valence-electron chi connectivity index (χ3n) is 4.59. The molecule has 0 aromatic heterocycles. The van der Waals surface area contributed by atoms with Crippen molar-refractivity contribution in [2.24, 2.45) is 5.92 Å². The van der Waals surface area contributed by atoms with Crippen LogP contribution < -0.4 is 5.32 Å². The van der Waals surface area contributed by atoms with Gasteiger partial charge in [-0.3, -0.25) is 9.69 Å². The van der Waals surface area contributed by atoms with Gasteiger partial charge in [0.15, 0.2) is 0 Å². The fraction of sp³-hybridized carbons (Fsp3) is 0.611. The SMILES string of the molecule is Cc1ccc(C(=O)N[C@H](CN2CCC(F)(F)C2)C(C)C)cc1C. The molecule has 1 aromatic carbocycles. The fourth-order valence-corrected chi connectivity index (χ4v) is 2.80. The maximum atomic E-state index is 13.3. The Balaban J connectivity index is 2.01. The van der Waals surface area contributed by atoms with E-state index in [-0.39, 0.29) is 30.8 Å². The van der Waals surface area contributed by atoms with Gasteiger partial charge in [-0.05, 0) is 43.0 Å². The monoisotopic (exact) mass is 324 g/mol. The van der Waals surface area contributed by atoms with Crippen LogP contribution in [0.1, 0.15) is 41.8 Å². The molecule has 1 amide bonds. The van der Waals surface area contributed by atoms with Gasteiger partial charge in [0.2, 0.25) is 0 Å². The van der Waals surface area contributed by atoms with E-state index in [0.29, 0.717) is 18.7 Å². The molecule has 1 fully saturated rings. The molecular formula is C18H26F2N2O. The molecule has 1 atom stereocenters. The summed E-state index contributed by atoms with van der Waals surface area (Å²) in [7, 11) is 0. The van der Waals surface area contributed by atoms with Gasteiger partial charge < -0.3 is 5.32 Å². The zero-order chi connectivity index (χ0) is 17.2. The van der Waals surface area contributed by atoms with Gasteiger partial charge in [0.1, 0.15) is 0 Å². The molecule has 0 unspecified atom stereocenters. The predicted molar refractivity (Wildman–Crippen MR) is 88.0 cm³/mol. The average Bonchev–Trinajstić information content (AvgIpc) is 2.80. The zero-order valence-electron chi connectivity index (χ0n) is 14.3. The fourth-order valence-electron chi connectivity index (χ4n) is 2.80.